The third kappa shape index (κ3) is 4.50. The van der Waals surface area contributed by atoms with Crippen molar-refractivity contribution in [1.82, 2.24) is 9.88 Å². The minimum atomic E-state index is -0.573. The van der Waals surface area contributed by atoms with Crippen molar-refractivity contribution in [2.45, 2.75) is 20.4 Å². The maximum atomic E-state index is 12.1. The molecular weight excluding hydrogens is 328 g/mol. The summed E-state index contributed by atoms with van der Waals surface area (Å²) in [5, 5.41) is 12.6. The van der Waals surface area contributed by atoms with Crippen LogP contribution in [0.25, 0.3) is 10.9 Å². The molecule has 1 amide bonds. The number of phenols is 1. The molecule has 0 aliphatic heterocycles. The van der Waals surface area contributed by atoms with E-state index in [1.807, 2.05) is 0 Å². The first-order chi connectivity index (χ1) is 12.0. The fourth-order valence-electron chi connectivity index (χ4n) is 2.39. The maximum Gasteiger partial charge on any atom is 0.354 e. The monoisotopic (exact) mass is 348 g/mol. The molecule has 8 nitrogen and oxygen atoms in total. The normalized spacial score (nSPS) is 10.5. The molecule has 0 spiro atoms. The van der Waals surface area contributed by atoms with Crippen LogP contribution in [0.4, 0.5) is 0 Å². The van der Waals surface area contributed by atoms with Gasteiger partial charge in [-0.25, -0.2) is 4.79 Å². The molecule has 2 rings (SSSR count). The summed E-state index contributed by atoms with van der Waals surface area (Å²) in [6, 6.07) is 6.10. The molecule has 25 heavy (non-hydrogen) atoms. The van der Waals surface area contributed by atoms with Gasteiger partial charge in [-0.15, -0.1) is 0 Å². The summed E-state index contributed by atoms with van der Waals surface area (Å²) in [5.41, 5.74) is 0.779. The molecule has 0 radical (unpaired) electrons. The molecule has 2 aromatic rings. The minimum absolute atomic E-state index is 0.0480. The van der Waals surface area contributed by atoms with Crippen molar-refractivity contribution < 1.29 is 29.0 Å². The second-order valence-electron chi connectivity index (χ2n) is 5.16. The summed E-state index contributed by atoms with van der Waals surface area (Å²) in [7, 11) is 0. The van der Waals surface area contributed by atoms with E-state index in [0.717, 1.165) is 0 Å². The number of phenolic OH excluding ortho intramolecular Hbond substituents is 1. The highest BCUT2D eigenvalue weighted by Gasteiger charge is 2.19. The number of hydrogen-bond donors (Lipinski definition) is 2. The summed E-state index contributed by atoms with van der Waals surface area (Å²) in [6.45, 7) is 3.35. The number of carbonyl (C=O) groups excluding carboxylic acids is 3. The number of esters is 2. The van der Waals surface area contributed by atoms with Gasteiger partial charge in [0.2, 0.25) is 5.91 Å². The molecule has 0 fully saturated rings. The highest BCUT2D eigenvalue weighted by Crippen LogP contribution is 2.24. The zero-order valence-corrected chi connectivity index (χ0v) is 14.1. The van der Waals surface area contributed by atoms with E-state index in [9.17, 15) is 19.5 Å². The van der Waals surface area contributed by atoms with Gasteiger partial charge in [0.05, 0.1) is 13.2 Å². The Bertz CT molecular complexity index is 796. The van der Waals surface area contributed by atoms with E-state index in [1.54, 1.807) is 26.0 Å². The molecule has 1 aromatic heterocycles. The van der Waals surface area contributed by atoms with Crippen LogP contribution < -0.4 is 5.32 Å². The van der Waals surface area contributed by atoms with Crippen LogP contribution in [0.5, 0.6) is 5.75 Å². The lowest BCUT2D eigenvalue weighted by Crippen LogP contribution is -2.33. The molecule has 0 saturated carbocycles. The molecule has 0 aliphatic carbocycles. The number of amides is 1. The van der Waals surface area contributed by atoms with Crippen LogP contribution >= 0.6 is 0 Å². The van der Waals surface area contributed by atoms with Gasteiger partial charge in [-0.05, 0) is 38.1 Å². The second kappa shape index (κ2) is 8.18. The number of ether oxygens (including phenoxy) is 2. The first-order valence-electron chi connectivity index (χ1n) is 7.88. The van der Waals surface area contributed by atoms with Crippen LogP contribution in [0.1, 0.15) is 24.3 Å². The molecule has 2 N–H and O–H groups in total. The van der Waals surface area contributed by atoms with E-state index >= 15 is 0 Å². The summed E-state index contributed by atoms with van der Waals surface area (Å²) in [6.07, 6.45) is 0. The third-order valence-electron chi connectivity index (χ3n) is 3.41. The van der Waals surface area contributed by atoms with Crippen LogP contribution in [0.2, 0.25) is 0 Å². The van der Waals surface area contributed by atoms with E-state index in [1.165, 1.54) is 16.7 Å². The lowest BCUT2D eigenvalue weighted by Gasteiger charge is -2.10. The van der Waals surface area contributed by atoms with E-state index in [0.29, 0.717) is 10.9 Å². The van der Waals surface area contributed by atoms with Crippen molar-refractivity contribution in [3.8, 4) is 5.75 Å². The SMILES string of the molecule is CCOC(=O)CNC(=O)Cn1c(C(=O)OCC)cc2cc(O)ccc21. The Balaban J connectivity index is 2.25. The zero-order valence-electron chi connectivity index (χ0n) is 14.1. The van der Waals surface area contributed by atoms with Gasteiger partial charge in [-0.2, -0.15) is 0 Å². The second-order valence-corrected chi connectivity index (χ2v) is 5.16. The number of nitrogens with zero attached hydrogens (tertiary/aromatic N) is 1. The van der Waals surface area contributed by atoms with Crippen LogP contribution in [0, 0.1) is 0 Å². The van der Waals surface area contributed by atoms with E-state index in [-0.39, 0.29) is 37.7 Å². The van der Waals surface area contributed by atoms with Crippen molar-refractivity contribution in [2.24, 2.45) is 0 Å². The van der Waals surface area contributed by atoms with Crippen LogP contribution in [-0.4, -0.2) is 47.3 Å². The van der Waals surface area contributed by atoms with E-state index in [4.69, 9.17) is 9.47 Å². The number of carbonyl (C=O) groups is 3. The first kappa shape index (κ1) is 18.3. The molecule has 8 heteroatoms. The fraction of sp³-hybridized carbons (Fsp3) is 0.353. The van der Waals surface area contributed by atoms with Gasteiger partial charge >= 0.3 is 11.9 Å². The quantitative estimate of drug-likeness (QED) is 0.728. The number of hydrogen-bond acceptors (Lipinski definition) is 6. The predicted molar refractivity (Wildman–Crippen MR) is 89.2 cm³/mol. The largest absolute Gasteiger partial charge is 0.508 e. The predicted octanol–water partition coefficient (Wildman–Crippen LogP) is 1.20. The number of aromatic hydroxyl groups is 1. The van der Waals surface area contributed by atoms with Crippen LogP contribution in [0.3, 0.4) is 0 Å². The van der Waals surface area contributed by atoms with Crippen molar-refractivity contribution in [2.75, 3.05) is 19.8 Å². The van der Waals surface area contributed by atoms with Crippen molar-refractivity contribution in [1.29, 1.82) is 0 Å². The molecule has 134 valence electrons. The molecule has 0 bridgehead atoms. The molecule has 0 atom stereocenters. The number of rotatable bonds is 7. The van der Waals surface area contributed by atoms with E-state index in [2.05, 4.69) is 5.32 Å². The highest BCUT2D eigenvalue weighted by molar-refractivity contribution is 5.97. The van der Waals surface area contributed by atoms with Gasteiger partial charge in [0.1, 0.15) is 24.5 Å². The molecular formula is C17H20N2O6. The Kier molecular flexibility index (Phi) is 5.99. The number of benzene rings is 1. The minimum Gasteiger partial charge on any atom is -0.508 e. The summed E-state index contributed by atoms with van der Waals surface area (Å²) in [5.74, 6) is -1.52. The first-order valence-corrected chi connectivity index (χ1v) is 7.88. The third-order valence-corrected chi connectivity index (χ3v) is 3.41. The number of fused-ring (bicyclic) bond motifs is 1. The van der Waals surface area contributed by atoms with Gasteiger partial charge in [0, 0.05) is 10.9 Å². The molecule has 0 aliphatic rings. The van der Waals surface area contributed by atoms with E-state index < -0.39 is 17.8 Å². The average molecular weight is 348 g/mol. The summed E-state index contributed by atoms with van der Waals surface area (Å²) in [4.78, 5) is 35.6. The zero-order chi connectivity index (χ0) is 18.4. The Labute approximate surface area is 144 Å². The molecule has 1 aromatic carbocycles. The summed E-state index contributed by atoms with van der Waals surface area (Å²) >= 11 is 0. The van der Waals surface area contributed by atoms with Gasteiger partial charge in [-0.3, -0.25) is 9.59 Å². The molecule has 0 unspecified atom stereocenters. The average Bonchev–Trinajstić information content (AvgIpc) is 2.91. The topological polar surface area (TPSA) is 107 Å². The smallest absolute Gasteiger partial charge is 0.354 e. The lowest BCUT2D eigenvalue weighted by atomic mass is 10.2. The number of aromatic nitrogens is 1. The standard InChI is InChI=1S/C17H20N2O6/c1-3-24-16(22)9-18-15(21)10-19-13-6-5-12(20)7-11(13)8-14(19)17(23)25-4-2/h5-8,20H,3-4,9-10H2,1-2H3,(H,18,21). The summed E-state index contributed by atoms with van der Waals surface area (Å²) < 4.78 is 11.2. The lowest BCUT2D eigenvalue weighted by molar-refractivity contribution is -0.143. The van der Waals surface area contributed by atoms with Gasteiger partial charge in [0.15, 0.2) is 0 Å². The van der Waals surface area contributed by atoms with Gasteiger partial charge in [0.25, 0.3) is 0 Å². The Morgan fingerprint density at radius 3 is 2.52 bits per heavy atom. The Morgan fingerprint density at radius 2 is 1.84 bits per heavy atom. The maximum absolute atomic E-state index is 12.1. The number of nitrogens with one attached hydrogen (secondary N) is 1. The molecule has 0 saturated heterocycles. The highest BCUT2D eigenvalue weighted by atomic mass is 16.5. The van der Waals surface area contributed by atoms with Gasteiger partial charge in [-0.1, -0.05) is 0 Å². The van der Waals surface area contributed by atoms with Crippen LogP contribution in [0.15, 0.2) is 24.3 Å². The van der Waals surface area contributed by atoms with Crippen molar-refractivity contribution in [3.63, 3.8) is 0 Å². The van der Waals surface area contributed by atoms with Crippen molar-refractivity contribution in [3.05, 3.63) is 30.0 Å². The van der Waals surface area contributed by atoms with Crippen molar-refractivity contribution >= 4 is 28.7 Å². The Hall–Kier alpha value is -3.03. The Morgan fingerprint density at radius 1 is 1.12 bits per heavy atom. The van der Waals surface area contributed by atoms with Gasteiger partial charge < -0.3 is 24.5 Å². The molecule has 1 heterocycles. The van der Waals surface area contributed by atoms with Crippen LogP contribution in [-0.2, 0) is 25.6 Å². The fourth-order valence-corrected chi connectivity index (χ4v) is 2.39.